The molecule has 1 amide bonds. The molecule has 1 saturated carbocycles. The number of carbonyl (C=O) groups is 1. The van der Waals surface area contributed by atoms with Crippen molar-refractivity contribution >= 4 is 29.2 Å². The summed E-state index contributed by atoms with van der Waals surface area (Å²) in [5.41, 5.74) is 10.5. The Balaban J connectivity index is 1.81. The van der Waals surface area contributed by atoms with Crippen LogP contribution in [-0.2, 0) is 4.79 Å². The summed E-state index contributed by atoms with van der Waals surface area (Å²) in [6, 6.07) is 0. The second kappa shape index (κ2) is 5.89. The molecule has 8 heteroatoms. The first-order valence-corrected chi connectivity index (χ1v) is 6.12. The summed E-state index contributed by atoms with van der Waals surface area (Å²) < 4.78 is 0. The van der Waals surface area contributed by atoms with Gasteiger partial charge < -0.3 is 5.32 Å². The minimum Gasteiger partial charge on any atom is -0.301 e. The molecule has 0 aromatic carbocycles. The van der Waals surface area contributed by atoms with E-state index in [0.29, 0.717) is 5.96 Å². The Hall–Kier alpha value is -1.25. The topological polar surface area (TPSA) is 89.6 Å². The summed E-state index contributed by atoms with van der Waals surface area (Å²) >= 11 is 4.98. The second-order valence-electron chi connectivity index (χ2n) is 4.09. The van der Waals surface area contributed by atoms with Gasteiger partial charge in [0.25, 0.3) is 0 Å². The van der Waals surface area contributed by atoms with Crippen molar-refractivity contribution in [3.8, 4) is 0 Å². The Morgan fingerprint density at radius 2 is 1.88 bits per heavy atom. The van der Waals surface area contributed by atoms with Gasteiger partial charge in [0.15, 0.2) is 0 Å². The van der Waals surface area contributed by atoms with Gasteiger partial charge in [-0.2, -0.15) is 16.1 Å². The smallest absolute Gasteiger partial charge is 0.230 e. The summed E-state index contributed by atoms with van der Waals surface area (Å²) in [5, 5.41) is 2.81. The van der Waals surface area contributed by atoms with Crippen molar-refractivity contribution in [3.63, 3.8) is 0 Å². The molecular formula is C9H16N6OS. The number of thiocarbonyl (C=S) groups is 1. The molecular weight excluding hydrogens is 240 g/mol. The van der Waals surface area contributed by atoms with Gasteiger partial charge in [-0.05, 0) is 25.1 Å². The van der Waals surface area contributed by atoms with Gasteiger partial charge in [0.1, 0.15) is 0 Å². The third kappa shape index (κ3) is 3.62. The molecule has 0 atom stereocenters. The van der Waals surface area contributed by atoms with Gasteiger partial charge in [-0.25, -0.2) is 0 Å². The minimum atomic E-state index is -0.0158. The maximum absolute atomic E-state index is 11.8. The summed E-state index contributed by atoms with van der Waals surface area (Å²) in [4.78, 5) is 15.8. The number of carbonyl (C=O) groups excluding carboxylic acids is 1. The van der Waals surface area contributed by atoms with Crippen LogP contribution in [0.3, 0.4) is 0 Å². The molecule has 0 bridgehead atoms. The third-order valence-corrected chi connectivity index (χ3v) is 3.04. The lowest BCUT2D eigenvalue weighted by molar-refractivity contribution is -0.124. The number of hydrazine groups is 3. The van der Waals surface area contributed by atoms with Crippen LogP contribution in [-0.4, -0.2) is 17.0 Å². The summed E-state index contributed by atoms with van der Waals surface area (Å²) in [6.07, 6.45) is 5.36. The molecule has 0 aromatic rings. The monoisotopic (exact) mass is 256 g/mol. The van der Waals surface area contributed by atoms with Gasteiger partial charge in [-0.15, -0.1) is 0 Å². The first-order chi connectivity index (χ1) is 8.25. The fraction of sp³-hybridized carbons (Fsp3) is 0.667. The van der Waals surface area contributed by atoms with Crippen LogP contribution >= 0.6 is 12.2 Å². The molecule has 17 heavy (non-hydrogen) atoms. The average molecular weight is 256 g/mol. The van der Waals surface area contributed by atoms with Crippen LogP contribution in [0.15, 0.2) is 4.99 Å². The highest BCUT2D eigenvalue weighted by molar-refractivity contribution is 7.80. The van der Waals surface area contributed by atoms with Gasteiger partial charge >= 0.3 is 0 Å². The molecule has 1 saturated heterocycles. The van der Waals surface area contributed by atoms with Gasteiger partial charge in [0.2, 0.25) is 17.0 Å². The van der Waals surface area contributed by atoms with Gasteiger partial charge in [0, 0.05) is 5.92 Å². The van der Waals surface area contributed by atoms with Crippen molar-refractivity contribution in [1.29, 1.82) is 0 Å². The van der Waals surface area contributed by atoms with E-state index in [0.717, 1.165) is 25.7 Å². The molecule has 2 rings (SSSR count). The zero-order valence-corrected chi connectivity index (χ0v) is 10.2. The molecule has 1 aliphatic heterocycles. The Labute approximate surface area is 105 Å². The highest BCUT2D eigenvalue weighted by atomic mass is 32.1. The number of guanidine groups is 1. The lowest BCUT2D eigenvalue weighted by atomic mass is 9.89. The lowest BCUT2D eigenvalue weighted by Gasteiger charge is -2.20. The number of nitrogens with one attached hydrogen (secondary N) is 5. The maximum Gasteiger partial charge on any atom is 0.230 e. The summed E-state index contributed by atoms with van der Waals surface area (Å²) in [5.74, 6) is 0.500. The molecule has 5 N–H and O–H groups in total. The Bertz CT molecular complexity index is 330. The SMILES string of the molecule is O=C(NC(=S)N=C1NNNN1)C1CCCCC1. The molecule has 1 aliphatic carbocycles. The third-order valence-electron chi connectivity index (χ3n) is 2.84. The second-order valence-corrected chi connectivity index (χ2v) is 4.48. The van der Waals surface area contributed by atoms with Crippen LogP contribution < -0.4 is 27.2 Å². The van der Waals surface area contributed by atoms with E-state index in [1.807, 2.05) is 0 Å². The van der Waals surface area contributed by atoms with Crippen LogP contribution in [0.2, 0.25) is 0 Å². The Kier molecular flexibility index (Phi) is 4.24. The van der Waals surface area contributed by atoms with E-state index in [1.165, 1.54) is 6.42 Å². The molecule has 2 aliphatic rings. The number of nitrogens with zero attached hydrogens (tertiary/aromatic N) is 1. The highest BCUT2D eigenvalue weighted by Gasteiger charge is 2.21. The fourth-order valence-corrected chi connectivity index (χ4v) is 2.16. The van der Waals surface area contributed by atoms with E-state index in [4.69, 9.17) is 12.2 Å². The lowest BCUT2D eigenvalue weighted by Crippen LogP contribution is -2.37. The zero-order chi connectivity index (χ0) is 12.1. The standard InChI is InChI=1S/C9H16N6OS/c16-7(6-4-2-1-3-5-6)10-9(17)11-8-12-14-15-13-8/h6,14-15H,1-5H2,(H3,10,11,12,13,16,17). The Morgan fingerprint density at radius 1 is 1.24 bits per heavy atom. The normalized spacial score (nSPS) is 20.4. The summed E-state index contributed by atoms with van der Waals surface area (Å²) in [7, 11) is 0. The van der Waals surface area contributed by atoms with Crippen LogP contribution in [0.1, 0.15) is 32.1 Å². The molecule has 2 fully saturated rings. The number of aliphatic imine (C=N–C) groups is 1. The molecule has 0 aromatic heterocycles. The van der Waals surface area contributed by atoms with E-state index in [9.17, 15) is 4.79 Å². The zero-order valence-electron chi connectivity index (χ0n) is 9.38. The first-order valence-electron chi connectivity index (χ1n) is 5.71. The van der Waals surface area contributed by atoms with Gasteiger partial charge in [-0.3, -0.25) is 15.6 Å². The van der Waals surface area contributed by atoms with E-state index in [1.54, 1.807) is 0 Å². The van der Waals surface area contributed by atoms with E-state index < -0.39 is 0 Å². The molecule has 0 spiro atoms. The number of hydrogen-bond donors (Lipinski definition) is 5. The quantitative estimate of drug-likeness (QED) is 0.404. The van der Waals surface area contributed by atoms with Crippen molar-refractivity contribution in [1.82, 2.24) is 27.2 Å². The average Bonchev–Trinajstić information content (AvgIpc) is 2.82. The van der Waals surface area contributed by atoms with Gasteiger partial charge in [-0.1, -0.05) is 19.3 Å². The first kappa shape index (κ1) is 12.2. The van der Waals surface area contributed by atoms with Crippen molar-refractivity contribution in [3.05, 3.63) is 0 Å². The Morgan fingerprint density at radius 3 is 2.53 bits per heavy atom. The van der Waals surface area contributed by atoms with Crippen LogP contribution in [0.5, 0.6) is 0 Å². The van der Waals surface area contributed by atoms with Crippen molar-refractivity contribution in [2.24, 2.45) is 10.9 Å². The highest BCUT2D eigenvalue weighted by Crippen LogP contribution is 2.23. The van der Waals surface area contributed by atoms with E-state index in [2.05, 4.69) is 32.2 Å². The summed E-state index contributed by atoms with van der Waals surface area (Å²) in [6.45, 7) is 0. The molecule has 0 radical (unpaired) electrons. The predicted molar refractivity (Wildman–Crippen MR) is 67.3 cm³/mol. The molecule has 0 unspecified atom stereocenters. The van der Waals surface area contributed by atoms with E-state index in [-0.39, 0.29) is 16.9 Å². The van der Waals surface area contributed by atoms with Crippen LogP contribution in [0, 0.1) is 5.92 Å². The van der Waals surface area contributed by atoms with Crippen LogP contribution in [0.25, 0.3) is 0 Å². The maximum atomic E-state index is 11.8. The van der Waals surface area contributed by atoms with Crippen molar-refractivity contribution in [2.75, 3.05) is 0 Å². The van der Waals surface area contributed by atoms with Crippen molar-refractivity contribution in [2.45, 2.75) is 32.1 Å². The molecule has 7 nitrogen and oxygen atoms in total. The van der Waals surface area contributed by atoms with E-state index >= 15 is 0 Å². The minimum absolute atomic E-state index is 0.0158. The fourth-order valence-electron chi connectivity index (χ4n) is 1.97. The molecule has 94 valence electrons. The predicted octanol–water partition coefficient (Wildman–Crippen LogP) is -0.559. The number of hydrogen-bond acceptors (Lipinski definition) is 4. The number of amides is 1. The van der Waals surface area contributed by atoms with Crippen molar-refractivity contribution < 1.29 is 4.79 Å². The number of rotatable bonds is 1. The van der Waals surface area contributed by atoms with Gasteiger partial charge in [0.05, 0.1) is 0 Å². The van der Waals surface area contributed by atoms with Crippen LogP contribution in [0.4, 0.5) is 0 Å². The molecule has 1 heterocycles. The largest absolute Gasteiger partial charge is 0.301 e.